The largest absolute Gasteiger partial charge is 0.494 e. The number of fused-ring (bicyclic) bond motifs is 3. The molecule has 46 heavy (non-hydrogen) atoms. The fourth-order valence-electron chi connectivity index (χ4n) is 6.33. The molecule has 0 unspecified atom stereocenters. The highest BCUT2D eigenvalue weighted by atomic mass is 32.2. The summed E-state index contributed by atoms with van der Waals surface area (Å²) >= 11 is 0. The van der Waals surface area contributed by atoms with Gasteiger partial charge in [0.1, 0.15) is 29.0 Å². The van der Waals surface area contributed by atoms with Crippen LogP contribution in [-0.2, 0) is 24.6 Å². The minimum atomic E-state index is -4.11. The van der Waals surface area contributed by atoms with Crippen molar-refractivity contribution in [1.82, 2.24) is 28.8 Å². The molecule has 1 aromatic carbocycles. The van der Waals surface area contributed by atoms with Crippen LogP contribution >= 0.6 is 0 Å². The Morgan fingerprint density at radius 2 is 1.98 bits per heavy atom. The third-order valence-electron chi connectivity index (χ3n) is 9.05. The van der Waals surface area contributed by atoms with Gasteiger partial charge >= 0.3 is 10.2 Å². The highest BCUT2D eigenvalue weighted by Crippen LogP contribution is 2.46. The minimum Gasteiger partial charge on any atom is -0.494 e. The van der Waals surface area contributed by atoms with Crippen LogP contribution in [0.2, 0.25) is 0 Å². The second kappa shape index (κ2) is 13.2. The maximum atomic E-state index is 14.0. The normalized spacial score (nSPS) is 28.2. The van der Waals surface area contributed by atoms with Gasteiger partial charge < -0.3 is 25.4 Å². The molecule has 15 heteroatoms. The smallest absolute Gasteiger partial charge is 0.303 e. The van der Waals surface area contributed by atoms with E-state index in [0.717, 1.165) is 35.5 Å². The summed E-state index contributed by atoms with van der Waals surface area (Å²) in [5, 5.41) is 2.84. The number of nitrogens with zero attached hydrogens (tertiary/aromatic N) is 4. The van der Waals surface area contributed by atoms with Gasteiger partial charge in [0.15, 0.2) is 0 Å². The number of methoxy groups -OCH3 is 1. The topological polar surface area (TPSA) is 178 Å². The van der Waals surface area contributed by atoms with Gasteiger partial charge in [-0.2, -0.15) is 17.7 Å². The Morgan fingerprint density at radius 3 is 2.67 bits per heavy atom. The van der Waals surface area contributed by atoms with Gasteiger partial charge in [-0.15, -0.1) is 0 Å². The second-order valence-corrected chi connectivity index (χ2v) is 14.7. The number of para-hydroxylation sites is 1. The van der Waals surface area contributed by atoms with Crippen LogP contribution in [0.5, 0.6) is 11.8 Å². The van der Waals surface area contributed by atoms with Crippen LogP contribution in [0.15, 0.2) is 30.4 Å². The summed E-state index contributed by atoms with van der Waals surface area (Å²) in [6.07, 6.45) is 7.27. The molecule has 1 saturated carbocycles. The van der Waals surface area contributed by atoms with E-state index in [1.165, 1.54) is 19.0 Å². The predicted molar refractivity (Wildman–Crippen MR) is 171 cm³/mol. The first-order valence-corrected chi connectivity index (χ1v) is 17.2. The van der Waals surface area contributed by atoms with Crippen molar-refractivity contribution >= 4 is 39.0 Å². The number of amides is 3. The summed E-state index contributed by atoms with van der Waals surface area (Å²) in [6, 6.07) is 4.12. The number of hydrogen-bond donors (Lipinski definition) is 3. The first-order chi connectivity index (χ1) is 21.8. The number of aromatic nitrogens is 2. The molecule has 0 spiro atoms. The van der Waals surface area contributed by atoms with E-state index in [-0.39, 0.29) is 31.3 Å². The molecular formula is C31H45N7O7S. The van der Waals surface area contributed by atoms with Crippen molar-refractivity contribution in [3.8, 4) is 11.8 Å². The monoisotopic (exact) mass is 659 g/mol. The molecule has 3 amide bonds. The second-order valence-electron chi connectivity index (χ2n) is 12.8. The van der Waals surface area contributed by atoms with Gasteiger partial charge in [-0.3, -0.25) is 19.0 Å². The average molecular weight is 660 g/mol. The van der Waals surface area contributed by atoms with Crippen LogP contribution in [-0.4, -0.2) is 96.4 Å². The Morgan fingerprint density at radius 1 is 1.22 bits per heavy atom. The quantitative estimate of drug-likeness (QED) is 0.373. The molecule has 3 heterocycles. The van der Waals surface area contributed by atoms with E-state index < -0.39 is 51.7 Å². The van der Waals surface area contributed by atoms with E-state index in [9.17, 15) is 22.8 Å². The number of nitrogens with two attached hydrogens (primary N) is 1. The summed E-state index contributed by atoms with van der Waals surface area (Å²) in [5.74, 6) is -1.59. The van der Waals surface area contributed by atoms with Crippen molar-refractivity contribution in [2.75, 3.05) is 27.7 Å². The molecule has 2 aromatic rings. The summed E-state index contributed by atoms with van der Waals surface area (Å²) in [4.78, 5) is 47.4. The zero-order valence-electron chi connectivity index (χ0n) is 27.1. The van der Waals surface area contributed by atoms with E-state index in [2.05, 4.69) is 10.0 Å². The zero-order chi connectivity index (χ0) is 33.4. The fraction of sp³-hybridized carbons (Fsp3) is 0.613. The Kier molecular flexibility index (Phi) is 9.66. The van der Waals surface area contributed by atoms with E-state index in [0.29, 0.717) is 23.7 Å². The number of hydrogen-bond acceptors (Lipinski definition) is 9. The molecule has 1 aliphatic carbocycles. The highest BCUT2D eigenvalue weighted by Gasteiger charge is 2.61. The van der Waals surface area contributed by atoms with Gasteiger partial charge in [0.25, 0.3) is 11.9 Å². The zero-order valence-corrected chi connectivity index (χ0v) is 27.9. The van der Waals surface area contributed by atoms with Crippen LogP contribution in [0.3, 0.4) is 0 Å². The summed E-state index contributed by atoms with van der Waals surface area (Å²) in [5.41, 5.74) is 6.34. The van der Waals surface area contributed by atoms with Gasteiger partial charge in [-0.25, -0.2) is 4.72 Å². The predicted octanol–water partition coefficient (Wildman–Crippen LogP) is 1.62. The van der Waals surface area contributed by atoms with E-state index in [4.69, 9.17) is 20.2 Å². The lowest BCUT2D eigenvalue weighted by molar-refractivity contribution is -0.140. The number of allylic oxidation sites excluding steroid dienone is 1. The van der Waals surface area contributed by atoms with E-state index in [1.54, 1.807) is 7.11 Å². The lowest BCUT2D eigenvalue weighted by Gasteiger charge is -2.28. The van der Waals surface area contributed by atoms with Crippen LogP contribution < -0.4 is 25.2 Å². The standard InChI is InChI=1S/C31H45N7O7S/c1-19(2)38-23-14-11-15-25(44-5)26(23)33-30(38)45-21-16-24-27(39)34-31(29(41)35-46(42,43)36(3)4)17-20(31)12-9-7-6-8-10-13-22(32)28(40)37(24)18-21/h9,11-12,14-15,19-22,24H,6-8,10,13,16-18,32H2,1-5H3,(H,34,39)(H,35,41)/b12-9-/t20-,21-,22+,24+,31-/m1/s1. The van der Waals surface area contributed by atoms with Crippen LogP contribution in [0, 0.1) is 5.92 Å². The molecule has 14 nitrogen and oxygen atoms in total. The molecule has 1 saturated heterocycles. The summed E-state index contributed by atoms with van der Waals surface area (Å²) in [7, 11) is 0.0795. The van der Waals surface area contributed by atoms with Gasteiger partial charge in [0.2, 0.25) is 11.8 Å². The van der Waals surface area contributed by atoms with Gasteiger partial charge in [-0.1, -0.05) is 31.1 Å². The number of benzene rings is 1. The number of nitrogens with one attached hydrogen (secondary N) is 2. The van der Waals surface area contributed by atoms with Gasteiger partial charge in [0.05, 0.1) is 25.2 Å². The summed E-state index contributed by atoms with van der Waals surface area (Å²) < 4.78 is 42.0. The van der Waals surface area contributed by atoms with Crippen LogP contribution in [0.25, 0.3) is 11.0 Å². The lowest BCUT2D eigenvalue weighted by Crippen LogP contribution is -2.58. The molecule has 4 N–H and O–H groups in total. The first kappa shape index (κ1) is 33.7. The molecule has 1 aromatic heterocycles. The minimum absolute atomic E-state index is 0.0195. The maximum absolute atomic E-state index is 14.0. The third-order valence-corrected chi connectivity index (χ3v) is 10.5. The van der Waals surface area contributed by atoms with Crippen molar-refractivity contribution in [3.63, 3.8) is 0 Å². The molecule has 5 rings (SSSR count). The van der Waals surface area contributed by atoms with Crippen LogP contribution in [0.4, 0.5) is 0 Å². The number of carbonyl (C=O) groups is 3. The third kappa shape index (κ3) is 6.58. The Hall–Kier alpha value is -3.69. The fourth-order valence-corrected chi connectivity index (χ4v) is 6.92. The molecule has 2 aliphatic heterocycles. The Bertz CT molecular complexity index is 1620. The molecule has 3 aliphatic rings. The molecular weight excluding hydrogens is 614 g/mol. The molecule has 252 valence electrons. The molecule has 2 fully saturated rings. The maximum Gasteiger partial charge on any atom is 0.303 e. The van der Waals surface area contributed by atoms with E-state index >= 15 is 0 Å². The Balaban J connectivity index is 1.46. The van der Waals surface area contributed by atoms with Gasteiger partial charge in [0, 0.05) is 32.5 Å². The van der Waals surface area contributed by atoms with E-state index in [1.807, 2.05) is 48.8 Å². The van der Waals surface area contributed by atoms with Crippen molar-refractivity contribution in [2.24, 2.45) is 11.7 Å². The molecule has 0 radical (unpaired) electrons. The number of imidazole rings is 1. The Labute approximate surface area is 269 Å². The summed E-state index contributed by atoms with van der Waals surface area (Å²) in [6.45, 7) is 4.09. The average Bonchev–Trinajstić information content (AvgIpc) is 3.33. The molecule has 5 atom stereocenters. The van der Waals surface area contributed by atoms with Crippen LogP contribution in [0.1, 0.15) is 64.8 Å². The number of rotatable bonds is 7. The first-order valence-electron chi connectivity index (χ1n) is 15.8. The number of ether oxygens (including phenoxy) is 2. The lowest BCUT2D eigenvalue weighted by atomic mass is 10.1. The van der Waals surface area contributed by atoms with Crippen molar-refractivity contribution in [3.05, 3.63) is 30.4 Å². The van der Waals surface area contributed by atoms with Crippen molar-refractivity contribution in [2.45, 2.75) is 88.6 Å². The van der Waals surface area contributed by atoms with Crippen molar-refractivity contribution in [1.29, 1.82) is 0 Å². The van der Waals surface area contributed by atoms with Crippen molar-refractivity contribution < 1.29 is 32.3 Å². The van der Waals surface area contributed by atoms with Gasteiger partial charge in [-0.05, 0) is 51.7 Å². The SMILES string of the molecule is COc1cccc2c1nc(O[C@@H]1C[C@H]3C(=O)N[C@]4(C(=O)NS(=O)(=O)N(C)C)C[C@H]4/C=C\CCCCC[C@H](N)C(=O)N3C1)n2C(C)C. The highest BCUT2D eigenvalue weighted by molar-refractivity contribution is 7.87. The molecule has 0 bridgehead atoms. The number of carbonyl (C=O) groups excluding carboxylic acids is 3.